The minimum Gasteiger partial charge on any atom is -0.468 e. The van der Waals surface area contributed by atoms with Crippen LogP contribution in [0.3, 0.4) is 0 Å². The fourth-order valence-corrected chi connectivity index (χ4v) is 3.77. The molecule has 1 N–H and O–H groups in total. The Kier molecular flexibility index (Phi) is 3.08. The van der Waals surface area contributed by atoms with Crippen LogP contribution in [0.25, 0.3) is 0 Å². The van der Waals surface area contributed by atoms with E-state index < -0.39 is 5.72 Å². The maximum Gasteiger partial charge on any atom is 0.184 e. The number of nitrogens with zero attached hydrogens (tertiary/aromatic N) is 1. The van der Waals surface area contributed by atoms with Crippen LogP contribution in [0.4, 0.5) is 0 Å². The quantitative estimate of drug-likeness (QED) is 0.856. The first-order valence-electron chi connectivity index (χ1n) is 7.56. The van der Waals surface area contributed by atoms with Gasteiger partial charge in [0.05, 0.1) is 6.04 Å². The number of rotatable bonds is 2. The average molecular weight is 310 g/mol. The van der Waals surface area contributed by atoms with Crippen LogP contribution in [0.2, 0.25) is 0 Å². The van der Waals surface area contributed by atoms with E-state index in [0.717, 1.165) is 23.8 Å². The molecule has 2 aliphatic rings. The van der Waals surface area contributed by atoms with Crippen molar-refractivity contribution < 1.29 is 4.74 Å². The fourth-order valence-electron chi connectivity index (χ4n) is 3.37. The predicted octanol–water partition coefficient (Wildman–Crippen LogP) is 3.62. The minimum absolute atomic E-state index is 0.231. The van der Waals surface area contributed by atoms with Crippen LogP contribution in [0.5, 0.6) is 5.75 Å². The zero-order valence-corrected chi connectivity index (χ0v) is 13.3. The molecule has 2 heterocycles. The lowest BCUT2D eigenvalue weighted by molar-refractivity contribution is -0.0722. The molecule has 1 fully saturated rings. The highest BCUT2D eigenvalue weighted by Crippen LogP contribution is 2.44. The van der Waals surface area contributed by atoms with Gasteiger partial charge in [0.2, 0.25) is 0 Å². The zero-order valence-electron chi connectivity index (χ0n) is 12.5. The molecule has 2 atom stereocenters. The van der Waals surface area contributed by atoms with Gasteiger partial charge in [-0.05, 0) is 30.8 Å². The second kappa shape index (κ2) is 4.99. The van der Waals surface area contributed by atoms with E-state index in [4.69, 9.17) is 17.0 Å². The van der Waals surface area contributed by atoms with E-state index in [1.165, 1.54) is 11.1 Å². The first-order valence-corrected chi connectivity index (χ1v) is 7.96. The van der Waals surface area contributed by atoms with E-state index >= 15 is 0 Å². The first-order chi connectivity index (χ1) is 10.7. The molecule has 2 aromatic carbocycles. The van der Waals surface area contributed by atoms with Gasteiger partial charge < -0.3 is 15.0 Å². The van der Waals surface area contributed by atoms with E-state index in [1.807, 2.05) is 24.3 Å². The Morgan fingerprint density at radius 2 is 1.91 bits per heavy atom. The summed E-state index contributed by atoms with van der Waals surface area (Å²) in [5, 5.41) is 4.24. The zero-order chi connectivity index (χ0) is 15.2. The molecular formula is C18H18N2OS. The summed E-state index contributed by atoms with van der Waals surface area (Å²) in [4.78, 5) is 2.16. The highest BCUT2D eigenvalue weighted by atomic mass is 32.1. The Morgan fingerprint density at radius 1 is 1.18 bits per heavy atom. The van der Waals surface area contributed by atoms with Gasteiger partial charge in [-0.15, -0.1) is 0 Å². The molecule has 2 aromatic rings. The fraction of sp³-hybridized carbons (Fsp3) is 0.278. The Bertz CT molecular complexity index is 718. The minimum atomic E-state index is -0.406. The van der Waals surface area contributed by atoms with Gasteiger partial charge in [-0.3, -0.25) is 0 Å². The number of fused-ring (bicyclic) bond motifs is 4. The highest BCUT2D eigenvalue weighted by Gasteiger charge is 2.47. The van der Waals surface area contributed by atoms with Crippen molar-refractivity contribution in [1.29, 1.82) is 0 Å². The molecule has 2 aliphatic heterocycles. The van der Waals surface area contributed by atoms with E-state index in [2.05, 4.69) is 47.5 Å². The van der Waals surface area contributed by atoms with Gasteiger partial charge in [0.15, 0.2) is 10.8 Å². The van der Waals surface area contributed by atoms with Crippen LogP contribution in [-0.4, -0.2) is 15.7 Å². The van der Waals surface area contributed by atoms with E-state index in [1.54, 1.807) is 0 Å². The van der Waals surface area contributed by atoms with Crippen molar-refractivity contribution in [2.45, 2.75) is 31.7 Å². The van der Waals surface area contributed by atoms with Crippen LogP contribution in [-0.2, 0) is 6.54 Å². The molecule has 3 nitrogen and oxygen atoms in total. The Balaban J connectivity index is 1.69. The number of thiocarbonyl (C=S) groups is 1. The van der Waals surface area contributed by atoms with E-state index in [0.29, 0.717) is 0 Å². The number of hydrogen-bond acceptors (Lipinski definition) is 2. The third kappa shape index (κ3) is 2.15. The van der Waals surface area contributed by atoms with Crippen LogP contribution < -0.4 is 10.1 Å². The van der Waals surface area contributed by atoms with Crippen molar-refractivity contribution in [2.24, 2.45) is 0 Å². The standard InChI is InChI=1S/C18H18N2OS/c1-18-11-15(14-9-5-6-10-16(14)21-18)19-17(22)20(18)12-13-7-3-2-4-8-13/h2-10,15H,11-12H2,1H3,(H,19,22). The maximum absolute atomic E-state index is 6.34. The summed E-state index contributed by atoms with van der Waals surface area (Å²) in [5.74, 6) is 0.953. The summed E-state index contributed by atoms with van der Waals surface area (Å²) < 4.78 is 6.34. The number of ether oxygens (including phenoxy) is 1. The van der Waals surface area contributed by atoms with Crippen molar-refractivity contribution in [1.82, 2.24) is 10.2 Å². The van der Waals surface area contributed by atoms with Crippen molar-refractivity contribution >= 4 is 17.3 Å². The summed E-state index contributed by atoms with van der Waals surface area (Å²) >= 11 is 5.62. The summed E-state index contributed by atoms with van der Waals surface area (Å²) in [6.07, 6.45) is 0.886. The van der Waals surface area contributed by atoms with Crippen LogP contribution in [0.1, 0.15) is 30.5 Å². The van der Waals surface area contributed by atoms with Gasteiger partial charge in [-0.25, -0.2) is 0 Å². The first kappa shape index (κ1) is 13.6. The molecule has 0 saturated carbocycles. The number of benzene rings is 2. The van der Waals surface area contributed by atoms with Gasteiger partial charge in [-0.2, -0.15) is 0 Å². The largest absolute Gasteiger partial charge is 0.468 e. The Morgan fingerprint density at radius 3 is 2.73 bits per heavy atom. The van der Waals surface area contributed by atoms with Crippen LogP contribution in [0.15, 0.2) is 54.6 Å². The molecule has 4 rings (SSSR count). The lowest BCUT2D eigenvalue weighted by Gasteiger charge is -2.52. The van der Waals surface area contributed by atoms with E-state index in [9.17, 15) is 0 Å². The third-order valence-corrected chi connectivity index (χ3v) is 4.84. The predicted molar refractivity (Wildman–Crippen MR) is 90.6 cm³/mol. The van der Waals surface area contributed by atoms with Gasteiger partial charge in [0.1, 0.15) is 5.75 Å². The summed E-state index contributed by atoms with van der Waals surface area (Å²) in [6.45, 7) is 2.88. The lowest BCUT2D eigenvalue weighted by Crippen LogP contribution is -2.64. The van der Waals surface area contributed by atoms with Crippen molar-refractivity contribution in [3.63, 3.8) is 0 Å². The smallest absolute Gasteiger partial charge is 0.184 e. The summed E-state index contributed by atoms with van der Waals surface area (Å²) in [5.41, 5.74) is 2.02. The Labute approximate surface area is 135 Å². The third-order valence-electron chi connectivity index (χ3n) is 4.50. The molecule has 0 amide bonds. The topological polar surface area (TPSA) is 24.5 Å². The monoisotopic (exact) mass is 310 g/mol. The van der Waals surface area contributed by atoms with Gasteiger partial charge >= 0.3 is 0 Å². The molecular weight excluding hydrogens is 292 g/mol. The molecule has 0 radical (unpaired) electrons. The van der Waals surface area contributed by atoms with Crippen LogP contribution in [0, 0.1) is 0 Å². The molecule has 1 saturated heterocycles. The second-order valence-corrected chi connectivity index (χ2v) is 6.48. The normalized spacial score (nSPS) is 26.0. The molecule has 2 unspecified atom stereocenters. The van der Waals surface area contributed by atoms with E-state index in [-0.39, 0.29) is 6.04 Å². The van der Waals surface area contributed by atoms with Crippen molar-refractivity contribution in [3.05, 3.63) is 65.7 Å². The average Bonchev–Trinajstić information content (AvgIpc) is 2.52. The maximum atomic E-state index is 6.34. The molecule has 112 valence electrons. The molecule has 4 heteroatoms. The van der Waals surface area contributed by atoms with Crippen LogP contribution >= 0.6 is 12.2 Å². The molecule has 0 spiro atoms. The SMILES string of the molecule is CC12CC(NC(=S)N1Cc1ccccc1)c1ccccc1O2. The second-order valence-electron chi connectivity index (χ2n) is 6.09. The molecule has 0 aromatic heterocycles. The van der Waals surface area contributed by atoms with Gasteiger partial charge in [0.25, 0.3) is 0 Å². The molecule has 2 bridgehead atoms. The summed E-state index contributed by atoms with van der Waals surface area (Å²) in [7, 11) is 0. The summed E-state index contributed by atoms with van der Waals surface area (Å²) in [6, 6.07) is 18.8. The van der Waals surface area contributed by atoms with Crippen molar-refractivity contribution in [3.8, 4) is 5.75 Å². The number of para-hydroxylation sites is 1. The number of hydrogen-bond donors (Lipinski definition) is 1. The highest BCUT2D eigenvalue weighted by molar-refractivity contribution is 7.80. The Hall–Kier alpha value is -2.07. The van der Waals surface area contributed by atoms with Gasteiger partial charge in [-0.1, -0.05) is 48.5 Å². The lowest BCUT2D eigenvalue weighted by atomic mass is 9.90. The van der Waals surface area contributed by atoms with Crippen molar-refractivity contribution in [2.75, 3.05) is 0 Å². The number of nitrogens with one attached hydrogen (secondary N) is 1. The van der Waals surface area contributed by atoms with Gasteiger partial charge in [0, 0.05) is 18.5 Å². The molecule has 22 heavy (non-hydrogen) atoms. The molecule has 0 aliphatic carbocycles.